The molecule has 19 heavy (non-hydrogen) atoms. The molecule has 2 unspecified atom stereocenters. The first kappa shape index (κ1) is 12.6. The maximum absolute atomic E-state index is 12.4. The highest BCUT2D eigenvalue weighted by Gasteiger charge is 2.40. The summed E-state index contributed by atoms with van der Waals surface area (Å²) in [6.07, 6.45) is 7.94. The smallest absolute Gasteiger partial charge is 0.229 e. The highest BCUT2D eigenvalue weighted by Crippen LogP contribution is 2.41. The van der Waals surface area contributed by atoms with Crippen LogP contribution in [0.25, 0.3) is 0 Å². The van der Waals surface area contributed by atoms with Gasteiger partial charge in [0.1, 0.15) is 0 Å². The molecule has 0 aliphatic heterocycles. The van der Waals surface area contributed by atoms with Crippen LogP contribution in [0.5, 0.6) is 0 Å². The molecule has 0 amide bonds. The zero-order chi connectivity index (χ0) is 13.2. The van der Waals surface area contributed by atoms with Gasteiger partial charge in [-0.25, -0.2) is 0 Å². The Labute approximate surface area is 114 Å². The summed E-state index contributed by atoms with van der Waals surface area (Å²) in [5.41, 5.74) is 1.78. The maximum Gasteiger partial charge on any atom is 0.229 e. The zero-order valence-electron chi connectivity index (χ0n) is 11.2. The van der Waals surface area contributed by atoms with E-state index in [0.29, 0.717) is 5.56 Å². The SMILES string of the molecule is O=C1C(=O)C2CCCCCCCC2c2ccccc21. The van der Waals surface area contributed by atoms with Crippen molar-refractivity contribution in [3.05, 3.63) is 35.4 Å². The Bertz CT molecular complexity index is 504. The molecule has 100 valence electrons. The molecule has 2 heteroatoms. The van der Waals surface area contributed by atoms with Crippen LogP contribution in [0.2, 0.25) is 0 Å². The molecule has 0 N–H and O–H groups in total. The van der Waals surface area contributed by atoms with Crippen LogP contribution in [0, 0.1) is 5.92 Å². The van der Waals surface area contributed by atoms with Crippen molar-refractivity contribution >= 4 is 11.6 Å². The normalized spacial score (nSPS) is 27.8. The minimum Gasteiger partial charge on any atom is -0.290 e. The molecular weight excluding hydrogens is 236 g/mol. The van der Waals surface area contributed by atoms with Crippen molar-refractivity contribution in [2.75, 3.05) is 0 Å². The average molecular weight is 256 g/mol. The molecule has 1 saturated carbocycles. The summed E-state index contributed by atoms with van der Waals surface area (Å²) in [6.45, 7) is 0. The van der Waals surface area contributed by atoms with E-state index in [1.165, 1.54) is 25.7 Å². The molecule has 0 aromatic heterocycles. The van der Waals surface area contributed by atoms with Gasteiger partial charge in [-0.15, -0.1) is 0 Å². The molecule has 2 nitrogen and oxygen atoms in total. The van der Waals surface area contributed by atoms with E-state index in [-0.39, 0.29) is 23.4 Å². The van der Waals surface area contributed by atoms with E-state index in [4.69, 9.17) is 0 Å². The van der Waals surface area contributed by atoms with Gasteiger partial charge in [-0.3, -0.25) is 9.59 Å². The van der Waals surface area contributed by atoms with E-state index in [0.717, 1.165) is 24.8 Å². The summed E-state index contributed by atoms with van der Waals surface area (Å²) in [5, 5.41) is 0. The summed E-state index contributed by atoms with van der Waals surface area (Å²) in [7, 11) is 0. The molecule has 1 aromatic carbocycles. The topological polar surface area (TPSA) is 34.1 Å². The van der Waals surface area contributed by atoms with E-state index in [2.05, 4.69) is 6.07 Å². The van der Waals surface area contributed by atoms with Crippen LogP contribution in [0.3, 0.4) is 0 Å². The van der Waals surface area contributed by atoms with Crippen molar-refractivity contribution in [1.82, 2.24) is 0 Å². The minimum absolute atomic E-state index is 0.0551. The van der Waals surface area contributed by atoms with E-state index in [1.54, 1.807) is 0 Å². The lowest BCUT2D eigenvalue weighted by Gasteiger charge is -2.31. The first-order valence-corrected chi connectivity index (χ1v) is 7.46. The highest BCUT2D eigenvalue weighted by atomic mass is 16.2. The van der Waals surface area contributed by atoms with Gasteiger partial charge in [-0.2, -0.15) is 0 Å². The Morgan fingerprint density at radius 2 is 1.42 bits per heavy atom. The van der Waals surface area contributed by atoms with Gasteiger partial charge >= 0.3 is 0 Å². The fraction of sp³-hybridized carbons (Fsp3) is 0.529. The quantitative estimate of drug-likeness (QED) is 0.660. The summed E-state index contributed by atoms with van der Waals surface area (Å²) < 4.78 is 0. The van der Waals surface area contributed by atoms with Crippen LogP contribution in [-0.4, -0.2) is 11.6 Å². The average Bonchev–Trinajstić information content (AvgIpc) is 2.56. The van der Waals surface area contributed by atoms with Crippen molar-refractivity contribution < 1.29 is 9.59 Å². The van der Waals surface area contributed by atoms with Crippen molar-refractivity contribution in [1.29, 1.82) is 0 Å². The summed E-state index contributed by atoms with van der Waals surface area (Å²) >= 11 is 0. The van der Waals surface area contributed by atoms with E-state index in [9.17, 15) is 9.59 Å². The van der Waals surface area contributed by atoms with E-state index in [1.807, 2.05) is 18.2 Å². The van der Waals surface area contributed by atoms with Crippen LogP contribution in [0.1, 0.15) is 66.8 Å². The Morgan fingerprint density at radius 3 is 2.21 bits per heavy atom. The van der Waals surface area contributed by atoms with Crippen LogP contribution in [-0.2, 0) is 4.79 Å². The third-order valence-corrected chi connectivity index (χ3v) is 4.68. The monoisotopic (exact) mass is 256 g/mol. The van der Waals surface area contributed by atoms with E-state index < -0.39 is 0 Å². The third kappa shape index (κ3) is 2.24. The van der Waals surface area contributed by atoms with Crippen molar-refractivity contribution in [2.24, 2.45) is 5.92 Å². The molecular formula is C17H20O2. The van der Waals surface area contributed by atoms with Gasteiger partial charge in [0.05, 0.1) is 0 Å². The Kier molecular flexibility index (Phi) is 3.50. The summed E-state index contributed by atoms with van der Waals surface area (Å²) in [6, 6.07) is 7.72. The van der Waals surface area contributed by atoms with Gasteiger partial charge in [-0.05, 0) is 24.3 Å². The summed E-state index contributed by atoms with van der Waals surface area (Å²) in [4.78, 5) is 24.6. The lowest BCUT2D eigenvalue weighted by atomic mass is 9.70. The van der Waals surface area contributed by atoms with Crippen molar-refractivity contribution in [3.63, 3.8) is 0 Å². The molecule has 2 atom stereocenters. The first-order valence-electron chi connectivity index (χ1n) is 7.46. The van der Waals surface area contributed by atoms with Crippen LogP contribution < -0.4 is 0 Å². The number of carbonyl (C=O) groups excluding carboxylic acids is 2. The lowest BCUT2D eigenvalue weighted by Crippen LogP contribution is -2.35. The minimum atomic E-state index is -0.254. The predicted molar refractivity (Wildman–Crippen MR) is 74.3 cm³/mol. The molecule has 2 aliphatic carbocycles. The molecule has 3 rings (SSSR count). The Balaban J connectivity index is 2.02. The predicted octanol–water partition coefficient (Wildman–Crippen LogP) is 3.90. The molecule has 0 bridgehead atoms. The first-order chi connectivity index (χ1) is 9.29. The lowest BCUT2D eigenvalue weighted by molar-refractivity contribution is -0.120. The van der Waals surface area contributed by atoms with Gasteiger partial charge in [0.2, 0.25) is 11.6 Å². The number of benzene rings is 1. The molecule has 0 spiro atoms. The van der Waals surface area contributed by atoms with Crippen molar-refractivity contribution in [2.45, 2.75) is 50.9 Å². The van der Waals surface area contributed by atoms with Crippen LogP contribution >= 0.6 is 0 Å². The number of hydrogen-bond acceptors (Lipinski definition) is 2. The van der Waals surface area contributed by atoms with Gasteiger partial charge in [0.25, 0.3) is 0 Å². The second-order valence-electron chi connectivity index (χ2n) is 5.84. The number of Topliss-reactive ketones (excluding diaryl/α,β-unsaturated/α-hetero) is 2. The number of ketones is 2. The standard InChI is InChI=1S/C17H20O2/c18-16-14-10-5-3-1-2-4-8-12(14)13-9-6-7-11-15(13)17(16)19/h6-7,9,11-12,14H,1-5,8,10H2. The van der Waals surface area contributed by atoms with E-state index >= 15 is 0 Å². The number of carbonyl (C=O) groups is 2. The fourth-order valence-corrected chi connectivity index (χ4v) is 3.68. The second kappa shape index (κ2) is 5.28. The fourth-order valence-electron chi connectivity index (χ4n) is 3.68. The van der Waals surface area contributed by atoms with Gasteiger partial charge in [-0.1, -0.05) is 56.4 Å². The Hall–Kier alpha value is -1.44. The molecule has 0 heterocycles. The highest BCUT2D eigenvalue weighted by molar-refractivity contribution is 6.45. The largest absolute Gasteiger partial charge is 0.290 e. The van der Waals surface area contributed by atoms with Crippen LogP contribution in [0.15, 0.2) is 24.3 Å². The number of fused-ring (bicyclic) bond motifs is 3. The number of rotatable bonds is 0. The van der Waals surface area contributed by atoms with Gasteiger partial charge in [0, 0.05) is 11.5 Å². The van der Waals surface area contributed by atoms with Crippen LogP contribution in [0.4, 0.5) is 0 Å². The van der Waals surface area contributed by atoms with Gasteiger partial charge in [0.15, 0.2) is 0 Å². The maximum atomic E-state index is 12.4. The molecule has 1 aromatic rings. The third-order valence-electron chi connectivity index (χ3n) is 4.68. The number of hydrogen-bond donors (Lipinski definition) is 0. The molecule has 1 fully saturated rings. The molecule has 0 saturated heterocycles. The molecule has 0 radical (unpaired) electrons. The van der Waals surface area contributed by atoms with Crippen molar-refractivity contribution in [3.8, 4) is 0 Å². The van der Waals surface area contributed by atoms with Gasteiger partial charge < -0.3 is 0 Å². The molecule has 2 aliphatic rings. The second-order valence-corrected chi connectivity index (χ2v) is 5.84. The Morgan fingerprint density at radius 1 is 0.789 bits per heavy atom. The zero-order valence-corrected chi connectivity index (χ0v) is 11.2. The summed E-state index contributed by atoms with van der Waals surface area (Å²) in [5.74, 6) is -0.165.